The lowest BCUT2D eigenvalue weighted by Crippen LogP contribution is -2.52. The van der Waals surface area contributed by atoms with Crippen molar-refractivity contribution in [3.8, 4) is 0 Å². The van der Waals surface area contributed by atoms with Crippen molar-refractivity contribution in [2.45, 2.75) is 39.7 Å². The van der Waals surface area contributed by atoms with Crippen molar-refractivity contribution in [3.63, 3.8) is 0 Å². The first-order chi connectivity index (χ1) is 8.38. The first kappa shape index (κ1) is 17.9. The van der Waals surface area contributed by atoms with Gasteiger partial charge in [0.15, 0.2) is 0 Å². The van der Waals surface area contributed by atoms with E-state index < -0.39 is 0 Å². The van der Waals surface area contributed by atoms with E-state index in [9.17, 15) is 4.79 Å². The first-order valence-electron chi connectivity index (χ1n) is 6.46. The van der Waals surface area contributed by atoms with Crippen LogP contribution in [0.1, 0.15) is 43.1 Å². The number of rotatable bonds is 5. The van der Waals surface area contributed by atoms with Crippen LogP contribution in [0.5, 0.6) is 0 Å². The van der Waals surface area contributed by atoms with Gasteiger partial charge in [0.1, 0.15) is 0 Å². The average Bonchev–Trinajstić information content (AvgIpc) is 2.28. The predicted molar refractivity (Wildman–Crippen MR) is 82.8 cm³/mol. The number of benzene rings is 1. The van der Waals surface area contributed by atoms with Gasteiger partial charge in [-0.15, -0.1) is 12.4 Å². The molecule has 1 unspecified atom stereocenters. The summed E-state index contributed by atoms with van der Waals surface area (Å²) in [6.45, 7) is 8.66. The van der Waals surface area contributed by atoms with Gasteiger partial charge >= 0.3 is 0 Å². The minimum absolute atomic E-state index is 0. The largest absolute Gasteiger partial charge is 0.346 e. The molecule has 0 spiro atoms. The topological polar surface area (TPSA) is 55.1 Å². The van der Waals surface area contributed by atoms with Gasteiger partial charge < -0.3 is 11.1 Å². The number of halogens is 1. The smallest absolute Gasteiger partial charge is 0.252 e. The zero-order valence-electron chi connectivity index (χ0n) is 12.2. The van der Waals surface area contributed by atoms with E-state index in [0.717, 1.165) is 17.5 Å². The third-order valence-electron chi connectivity index (χ3n) is 3.11. The molecule has 1 atom stereocenters. The molecule has 0 heterocycles. The van der Waals surface area contributed by atoms with Crippen LogP contribution in [0.4, 0.5) is 0 Å². The van der Waals surface area contributed by atoms with Gasteiger partial charge in [0, 0.05) is 17.6 Å². The summed E-state index contributed by atoms with van der Waals surface area (Å²) in [5, 5.41) is 3.07. The molecule has 4 heteroatoms. The van der Waals surface area contributed by atoms with Gasteiger partial charge in [-0.25, -0.2) is 0 Å². The Balaban J connectivity index is 0.00000324. The second kappa shape index (κ2) is 7.51. The monoisotopic (exact) mass is 284 g/mol. The van der Waals surface area contributed by atoms with Crippen LogP contribution in [-0.4, -0.2) is 18.0 Å². The van der Waals surface area contributed by atoms with Crippen LogP contribution in [0.2, 0.25) is 0 Å². The Kier molecular flexibility index (Phi) is 7.09. The molecule has 0 saturated heterocycles. The molecule has 0 aromatic heterocycles. The Morgan fingerprint density at radius 1 is 1.37 bits per heavy atom. The molecule has 1 amide bonds. The maximum Gasteiger partial charge on any atom is 0.252 e. The van der Waals surface area contributed by atoms with Crippen LogP contribution in [0, 0.1) is 12.8 Å². The number of hydrogen-bond donors (Lipinski definition) is 2. The highest BCUT2D eigenvalue weighted by Crippen LogP contribution is 2.17. The van der Waals surface area contributed by atoms with Gasteiger partial charge in [-0.2, -0.15) is 0 Å². The van der Waals surface area contributed by atoms with Crippen LogP contribution >= 0.6 is 12.4 Å². The summed E-state index contributed by atoms with van der Waals surface area (Å²) in [5.74, 6) is 0.456. The molecular weight excluding hydrogens is 260 g/mol. The molecule has 1 aromatic carbocycles. The molecule has 3 N–H and O–H groups in total. The number of amides is 1. The minimum atomic E-state index is -0.340. The van der Waals surface area contributed by atoms with Crippen LogP contribution < -0.4 is 11.1 Å². The molecule has 1 rings (SSSR count). The molecule has 0 fully saturated rings. The summed E-state index contributed by atoms with van der Waals surface area (Å²) in [6.07, 6.45) is 0.876. The molecule has 0 aliphatic rings. The number of nitrogens with one attached hydrogen (secondary N) is 1. The fourth-order valence-electron chi connectivity index (χ4n) is 2.26. The highest BCUT2D eigenvalue weighted by molar-refractivity contribution is 5.96. The van der Waals surface area contributed by atoms with E-state index in [1.807, 2.05) is 38.1 Å². The first-order valence-corrected chi connectivity index (χ1v) is 6.46. The Morgan fingerprint density at radius 2 is 1.95 bits per heavy atom. The van der Waals surface area contributed by atoms with Crippen molar-refractivity contribution in [1.82, 2.24) is 5.32 Å². The van der Waals surface area contributed by atoms with E-state index >= 15 is 0 Å². The third-order valence-corrected chi connectivity index (χ3v) is 3.11. The fourth-order valence-corrected chi connectivity index (χ4v) is 2.26. The fraction of sp³-hybridized carbons (Fsp3) is 0.533. The van der Waals surface area contributed by atoms with Gasteiger partial charge in [-0.1, -0.05) is 32.0 Å². The van der Waals surface area contributed by atoms with Gasteiger partial charge in [0.05, 0.1) is 0 Å². The normalized spacial score (nSPS) is 13.6. The van der Waals surface area contributed by atoms with Gasteiger partial charge in [0.2, 0.25) is 0 Å². The maximum atomic E-state index is 12.3. The molecule has 19 heavy (non-hydrogen) atoms. The summed E-state index contributed by atoms with van der Waals surface area (Å²) in [7, 11) is 0. The Bertz CT molecular complexity index is 420. The van der Waals surface area contributed by atoms with E-state index in [4.69, 9.17) is 5.73 Å². The second-order valence-corrected chi connectivity index (χ2v) is 5.63. The number of carbonyl (C=O) groups is 1. The van der Waals surface area contributed by atoms with Crippen LogP contribution in [0.25, 0.3) is 0 Å². The standard InChI is InChI=1S/C15H24N2O.ClH/c1-11(2)9-15(4,10-16)17-14(18)13-8-6-5-7-12(13)3;/h5-8,11H,9-10,16H2,1-4H3,(H,17,18);1H. The van der Waals surface area contributed by atoms with E-state index in [2.05, 4.69) is 19.2 Å². The molecule has 3 nitrogen and oxygen atoms in total. The second-order valence-electron chi connectivity index (χ2n) is 5.63. The van der Waals surface area contributed by atoms with E-state index in [0.29, 0.717) is 12.5 Å². The van der Waals surface area contributed by atoms with Crippen molar-refractivity contribution in [3.05, 3.63) is 35.4 Å². The minimum Gasteiger partial charge on any atom is -0.346 e. The quantitative estimate of drug-likeness (QED) is 0.873. The summed E-state index contributed by atoms with van der Waals surface area (Å²) in [6, 6.07) is 7.60. The molecule has 0 aliphatic carbocycles. The number of hydrogen-bond acceptors (Lipinski definition) is 2. The lowest BCUT2D eigenvalue weighted by atomic mass is 9.90. The Labute approximate surface area is 122 Å². The van der Waals surface area contributed by atoms with Crippen molar-refractivity contribution in [2.75, 3.05) is 6.54 Å². The highest BCUT2D eigenvalue weighted by Gasteiger charge is 2.26. The Hall–Kier alpha value is -1.06. The number of aryl methyl sites for hydroxylation is 1. The van der Waals surface area contributed by atoms with Gasteiger partial charge in [0.25, 0.3) is 5.91 Å². The SMILES string of the molecule is Cc1ccccc1C(=O)NC(C)(CN)CC(C)C.Cl. The molecular formula is C15H25ClN2O. The van der Waals surface area contributed by atoms with Gasteiger partial charge in [-0.05, 0) is 37.8 Å². The third kappa shape index (κ3) is 5.21. The lowest BCUT2D eigenvalue weighted by Gasteiger charge is -2.31. The van der Waals surface area contributed by atoms with E-state index in [1.54, 1.807) is 0 Å². The zero-order valence-corrected chi connectivity index (χ0v) is 13.0. The van der Waals surface area contributed by atoms with Crippen molar-refractivity contribution in [1.29, 1.82) is 0 Å². The van der Waals surface area contributed by atoms with Crippen molar-refractivity contribution in [2.24, 2.45) is 11.7 Å². The summed E-state index contributed by atoms with van der Waals surface area (Å²) >= 11 is 0. The molecule has 0 radical (unpaired) electrons. The van der Waals surface area contributed by atoms with Crippen LogP contribution in [0.15, 0.2) is 24.3 Å². The highest BCUT2D eigenvalue weighted by atomic mass is 35.5. The van der Waals surface area contributed by atoms with Gasteiger partial charge in [-0.3, -0.25) is 4.79 Å². The molecule has 0 saturated carbocycles. The molecule has 0 aliphatic heterocycles. The molecule has 0 bridgehead atoms. The van der Waals surface area contributed by atoms with E-state index in [1.165, 1.54) is 0 Å². The van der Waals surface area contributed by atoms with Crippen molar-refractivity contribution < 1.29 is 4.79 Å². The predicted octanol–water partition coefficient (Wildman–Crippen LogP) is 2.91. The zero-order chi connectivity index (χ0) is 13.8. The number of nitrogens with two attached hydrogens (primary N) is 1. The maximum absolute atomic E-state index is 12.3. The summed E-state index contributed by atoms with van der Waals surface area (Å²) < 4.78 is 0. The van der Waals surface area contributed by atoms with Crippen molar-refractivity contribution >= 4 is 18.3 Å². The van der Waals surface area contributed by atoms with Crippen LogP contribution in [0.3, 0.4) is 0 Å². The molecule has 108 valence electrons. The summed E-state index contributed by atoms with van der Waals surface area (Å²) in [5.41, 5.74) is 7.17. The average molecular weight is 285 g/mol. The van der Waals surface area contributed by atoms with Crippen LogP contribution in [-0.2, 0) is 0 Å². The lowest BCUT2D eigenvalue weighted by molar-refractivity contribution is 0.0897. The number of carbonyl (C=O) groups excluding carboxylic acids is 1. The van der Waals surface area contributed by atoms with E-state index in [-0.39, 0.29) is 23.9 Å². The Morgan fingerprint density at radius 3 is 2.42 bits per heavy atom. The molecule has 1 aromatic rings. The summed E-state index contributed by atoms with van der Waals surface area (Å²) in [4.78, 5) is 12.3.